The molecule has 0 saturated carbocycles. The Morgan fingerprint density at radius 3 is 3.14 bits per heavy atom. The maximum atomic E-state index is 12.1. The Balaban J connectivity index is 1.67. The van der Waals surface area contributed by atoms with Crippen LogP contribution in [0.1, 0.15) is 10.5 Å². The Hall–Kier alpha value is -2.57. The van der Waals surface area contributed by atoms with Crippen molar-refractivity contribution in [3.63, 3.8) is 0 Å². The van der Waals surface area contributed by atoms with E-state index in [4.69, 9.17) is 15.4 Å². The van der Waals surface area contributed by atoms with Crippen LogP contribution >= 0.6 is 23.1 Å². The van der Waals surface area contributed by atoms with E-state index in [9.17, 15) is 4.79 Å². The topological polar surface area (TPSA) is 94.1 Å². The number of carbonyl (C=O) groups excluding carboxylic acids is 1. The first-order valence-corrected chi connectivity index (χ1v) is 7.78. The van der Waals surface area contributed by atoms with Gasteiger partial charge in [0.15, 0.2) is 15.8 Å². The van der Waals surface area contributed by atoms with Crippen molar-refractivity contribution < 1.29 is 13.7 Å². The van der Waals surface area contributed by atoms with Crippen molar-refractivity contribution in [1.82, 2.24) is 15.4 Å². The molecular weight excluding hydrogens is 324 g/mol. The van der Waals surface area contributed by atoms with Gasteiger partial charge in [-0.2, -0.15) is 0 Å². The van der Waals surface area contributed by atoms with Gasteiger partial charge in [0.25, 0.3) is 5.91 Å². The third-order valence-corrected chi connectivity index (χ3v) is 4.29. The van der Waals surface area contributed by atoms with E-state index in [-0.39, 0.29) is 5.69 Å². The van der Waals surface area contributed by atoms with Crippen molar-refractivity contribution in [1.29, 1.82) is 0 Å². The van der Waals surface area contributed by atoms with E-state index in [0.717, 1.165) is 0 Å². The number of rotatable bonds is 5. The normalized spacial score (nSPS) is 10.3. The van der Waals surface area contributed by atoms with Crippen molar-refractivity contribution in [2.75, 3.05) is 11.1 Å². The molecule has 0 radical (unpaired) electrons. The lowest BCUT2D eigenvalue weighted by atomic mass is 10.3. The molecule has 0 aliphatic carbocycles. The zero-order valence-corrected chi connectivity index (χ0v) is 12.6. The number of furan rings is 1. The number of hydrogen-bond donors (Lipinski definition) is 1. The van der Waals surface area contributed by atoms with Crippen LogP contribution in [0.4, 0.5) is 5.13 Å². The van der Waals surface area contributed by atoms with Crippen molar-refractivity contribution in [2.24, 2.45) is 0 Å². The summed E-state index contributed by atoms with van der Waals surface area (Å²) in [5.74, 6) is 3.42. The molecule has 0 bridgehead atoms. The highest BCUT2D eigenvalue weighted by molar-refractivity contribution is 8.01. The Labute approximate surface area is 133 Å². The predicted octanol–water partition coefficient (Wildman–Crippen LogP) is 2.76. The van der Waals surface area contributed by atoms with E-state index in [0.29, 0.717) is 26.7 Å². The summed E-state index contributed by atoms with van der Waals surface area (Å²) in [7, 11) is 0. The number of nitrogens with one attached hydrogen (secondary N) is 1. The van der Waals surface area contributed by atoms with Crippen LogP contribution in [-0.2, 0) is 0 Å². The molecule has 22 heavy (non-hydrogen) atoms. The molecule has 0 unspecified atom stereocenters. The molecule has 3 heterocycles. The van der Waals surface area contributed by atoms with Gasteiger partial charge in [0.1, 0.15) is 0 Å². The Morgan fingerprint density at radius 2 is 2.36 bits per heavy atom. The zero-order chi connectivity index (χ0) is 15.4. The molecule has 3 rings (SSSR count). The smallest absolute Gasteiger partial charge is 0.279 e. The van der Waals surface area contributed by atoms with E-state index in [1.807, 2.05) is 0 Å². The summed E-state index contributed by atoms with van der Waals surface area (Å²) in [6.07, 6.45) is 6.68. The molecule has 0 spiro atoms. The third kappa shape index (κ3) is 3.19. The van der Waals surface area contributed by atoms with E-state index < -0.39 is 5.91 Å². The van der Waals surface area contributed by atoms with Crippen LogP contribution in [0.2, 0.25) is 0 Å². The standard InChI is InChI=1S/C13H8N4O3S2/c1-2-6-21-13-16-15-12(22-13)14-11(18)8-7-10(20-17-8)9-4-3-5-19-9/h1,3-5,7H,6H2,(H,14,15,18). The summed E-state index contributed by atoms with van der Waals surface area (Å²) in [4.78, 5) is 12.1. The van der Waals surface area contributed by atoms with Gasteiger partial charge >= 0.3 is 0 Å². The predicted molar refractivity (Wildman–Crippen MR) is 81.6 cm³/mol. The first-order valence-electron chi connectivity index (χ1n) is 5.98. The molecule has 1 amide bonds. The monoisotopic (exact) mass is 332 g/mol. The minimum Gasteiger partial charge on any atom is -0.461 e. The van der Waals surface area contributed by atoms with Gasteiger partial charge in [-0.25, -0.2) is 0 Å². The number of nitrogens with zero attached hydrogens (tertiary/aromatic N) is 3. The lowest BCUT2D eigenvalue weighted by molar-refractivity contribution is 0.101. The van der Waals surface area contributed by atoms with Crippen molar-refractivity contribution in [2.45, 2.75) is 4.34 Å². The first-order chi connectivity index (χ1) is 10.8. The highest BCUT2D eigenvalue weighted by Crippen LogP contribution is 2.26. The highest BCUT2D eigenvalue weighted by Gasteiger charge is 2.17. The van der Waals surface area contributed by atoms with Gasteiger partial charge < -0.3 is 8.94 Å². The van der Waals surface area contributed by atoms with E-state index in [2.05, 4.69) is 26.6 Å². The van der Waals surface area contributed by atoms with Crippen molar-refractivity contribution in [3.8, 4) is 23.9 Å². The number of hydrogen-bond acceptors (Lipinski definition) is 8. The number of terminal acetylenes is 1. The molecule has 1 N–H and O–H groups in total. The third-order valence-electron chi connectivity index (χ3n) is 2.41. The maximum absolute atomic E-state index is 12.1. The Bertz CT molecular complexity index is 817. The molecule has 0 saturated heterocycles. The van der Waals surface area contributed by atoms with Gasteiger partial charge in [0.2, 0.25) is 10.9 Å². The van der Waals surface area contributed by atoms with E-state index in [1.54, 1.807) is 12.1 Å². The Morgan fingerprint density at radius 1 is 1.45 bits per heavy atom. The van der Waals surface area contributed by atoms with E-state index in [1.165, 1.54) is 35.4 Å². The van der Waals surface area contributed by atoms with Crippen LogP contribution in [-0.4, -0.2) is 27.0 Å². The minimum absolute atomic E-state index is 0.124. The molecule has 0 fully saturated rings. The molecule has 0 aliphatic heterocycles. The van der Waals surface area contributed by atoms with Crippen LogP contribution in [0.5, 0.6) is 0 Å². The SMILES string of the molecule is C#CCSc1nnc(NC(=O)c2cc(-c3ccco3)on2)s1. The fourth-order valence-corrected chi connectivity index (χ4v) is 2.93. The first kappa shape index (κ1) is 14.4. The Kier molecular flexibility index (Phi) is 4.22. The summed E-state index contributed by atoms with van der Waals surface area (Å²) in [6.45, 7) is 0. The molecular formula is C13H8N4O3S2. The molecule has 7 nitrogen and oxygen atoms in total. The number of thioether (sulfide) groups is 1. The average molecular weight is 332 g/mol. The van der Waals surface area contributed by atoms with Gasteiger partial charge in [-0.05, 0) is 12.1 Å². The summed E-state index contributed by atoms with van der Waals surface area (Å²) >= 11 is 2.61. The minimum atomic E-state index is -0.439. The quantitative estimate of drug-likeness (QED) is 0.436. The summed E-state index contributed by atoms with van der Waals surface area (Å²) in [5, 5.41) is 14.4. The molecule has 0 aliphatic rings. The van der Waals surface area contributed by atoms with Crippen LogP contribution in [0.15, 0.2) is 37.7 Å². The van der Waals surface area contributed by atoms with Crippen molar-refractivity contribution in [3.05, 3.63) is 30.2 Å². The van der Waals surface area contributed by atoms with Gasteiger partial charge in [-0.3, -0.25) is 10.1 Å². The number of aromatic nitrogens is 3. The van der Waals surface area contributed by atoms with Crippen LogP contribution in [0.25, 0.3) is 11.5 Å². The number of carbonyl (C=O) groups is 1. The zero-order valence-electron chi connectivity index (χ0n) is 11.0. The second-order valence-corrected chi connectivity index (χ2v) is 6.07. The van der Waals surface area contributed by atoms with Gasteiger partial charge in [0, 0.05) is 6.07 Å². The summed E-state index contributed by atoms with van der Waals surface area (Å²) < 4.78 is 10.9. The van der Waals surface area contributed by atoms with Crippen molar-refractivity contribution >= 4 is 34.1 Å². The van der Waals surface area contributed by atoms with Crippen LogP contribution in [0.3, 0.4) is 0 Å². The second kappa shape index (κ2) is 6.46. The molecule has 0 atom stereocenters. The fraction of sp³-hybridized carbons (Fsp3) is 0.0769. The molecule has 3 aromatic rings. The maximum Gasteiger partial charge on any atom is 0.279 e. The van der Waals surface area contributed by atoms with E-state index >= 15 is 0 Å². The second-order valence-electron chi connectivity index (χ2n) is 3.87. The summed E-state index contributed by atoms with van der Waals surface area (Å²) in [6, 6.07) is 4.92. The lowest BCUT2D eigenvalue weighted by Gasteiger charge is -1.94. The summed E-state index contributed by atoms with van der Waals surface area (Å²) in [5.41, 5.74) is 0.124. The van der Waals surface area contributed by atoms with Gasteiger partial charge in [0.05, 0.1) is 12.0 Å². The van der Waals surface area contributed by atoms with Crippen LogP contribution < -0.4 is 5.32 Å². The molecule has 110 valence electrons. The average Bonchev–Trinajstić information content (AvgIpc) is 3.25. The van der Waals surface area contributed by atoms with Gasteiger partial charge in [-0.1, -0.05) is 34.2 Å². The van der Waals surface area contributed by atoms with Gasteiger partial charge in [-0.15, -0.1) is 16.6 Å². The van der Waals surface area contributed by atoms with Crippen LogP contribution in [0, 0.1) is 12.3 Å². The molecule has 3 aromatic heterocycles. The number of anilines is 1. The number of amides is 1. The lowest BCUT2D eigenvalue weighted by Crippen LogP contribution is -2.11. The molecule has 0 aromatic carbocycles. The largest absolute Gasteiger partial charge is 0.461 e. The fourth-order valence-electron chi connectivity index (χ4n) is 1.50. The highest BCUT2D eigenvalue weighted by atomic mass is 32.2. The molecule has 9 heteroatoms.